The number of ether oxygens (including phenoxy) is 1. The van der Waals surface area contributed by atoms with Crippen molar-refractivity contribution in [1.82, 2.24) is 10.3 Å². The highest BCUT2D eigenvalue weighted by atomic mass is 16.6. The molecule has 1 unspecified atom stereocenters. The zero-order valence-corrected chi connectivity index (χ0v) is 11.0. The maximum absolute atomic E-state index is 12.0. The molecule has 1 heterocycles. The van der Waals surface area contributed by atoms with E-state index in [0.717, 1.165) is 32.4 Å². The zero-order valence-electron chi connectivity index (χ0n) is 11.0. The van der Waals surface area contributed by atoms with Crippen molar-refractivity contribution in [1.29, 1.82) is 0 Å². The first kappa shape index (κ1) is 12.6. The molecule has 2 rings (SSSR count). The fraction of sp³-hybridized carbons (Fsp3) is 0.917. The summed E-state index contributed by atoms with van der Waals surface area (Å²) in [7, 11) is 0. The van der Waals surface area contributed by atoms with Gasteiger partial charge in [-0.3, -0.25) is 11.3 Å². The highest BCUT2D eigenvalue weighted by Gasteiger charge is 2.53. The summed E-state index contributed by atoms with van der Waals surface area (Å²) < 4.78 is 5.40. The lowest BCUT2D eigenvalue weighted by atomic mass is 9.90. The van der Waals surface area contributed by atoms with Crippen LogP contribution in [0.5, 0.6) is 0 Å². The van der Waals surface area contributed by atoms with Crippen molar-refractivity contribution >= 4 is 6.09 Å². The number of amides is 1. The van der Waals surface area contributed by atoms with E-state index in [1.165, 1.54) is 0 Å². The number of carbonyl (C=O) groups excluding carboxylic acids is 1. The van der Waals surface area contributed by atoms with Crippen LogP contribution in [0, 0.1) is 5.41 Å². The van der Waals surface area contributed by atoms with Crippen LogP contribution in [0.1, 0.15) is 40.0 Å². The van der Waals surface area contributed by atoms with Crippen LogP contribution < -0.4 is 11.3 Å². The summed E-state index contributed by atoms with van der Waals surface area (Å²) >= 11 is 0. The molecule has 0 radical (unpaired) electrons. The lowest BCUT2D eigenvalue weighted by Gasteiger charge is -2.39. The average molecular weight is 241 g/mol. The first-order valence-electron chi connectivity index (χ1n) is 6.30. The Bertz CT molecular complexity index is 307. The lowest BCUT2D eigenvalue weighted by molar-refractivity contribution is 0.0106. The molecular formula is C12H23N3O2. The molecule has 1 aliphatic carbocycles. The monoisotopic (exact) mass is 241 g/mol. The molecule has 2 fully saturated rings. The SMILES string of the molecule is CC(C)(C)OC(=O)N1CCC(NN)C2(CC2)C1. The van der Waals surface area contributed by atoms with E-state index in [1.54, 1.807) is 0 Å². The number of hydrogen-bond acceptors (Lipinski definition) is 4. The first-order valence-corrected chi connectivity index (χ1v) is 6.30. The lowest BCUT2D eigenvalue weighted by Crippen LogP contribution is -2.54. The number of nitrogens with one attached hydrogen (secondary N) is 1. The van der Waals surface area contributed by atoms with Crippen molar-refractivity contribution in [3.8, 4) is 0 Å². The molecule has 1 spiro atoms. The Kier molecular flexibility index (Phi) is 3.08. The maximum Gasteiger partial charge on any atom is 0.410 e. The minimum Gasteiger partial charge on any atom is -0.444 e. The minimum atomic E-state index is -0.420. The van der Waals surface area contributed by atoms with Crippen LogP contribution in [0.15, 0.2) is 0 Å². The highest BCUT2D eigenvalue weighted by molar-refractivity contribution is 5.68. The summed E-state index contributed by atoms with van der Waals surface area (Å²) in [6.45, 7) is 7.19. The zero-order chi connectivity index (χ0) is 12.7. The van der Waals surface area contributed by atoms with Crippen molar-refractivity contribution in [2.45, 2.75) is 51.7 Å². The Hall–Kier alpha value is -0.810. The number of nitrogens with two attached hydrogens (primary N) is 1. The fourth-order valence-corrected chi connectivity index (χ4v) is 2.57. The van der Waals surface area contributed by atoms with Gasteiger partial charge in [-0.25, -0.2) is 4.79 Å². The maximum atomic E-state index is 12.0. The van der Waals surface area contributed by atoms with E-state index in [9.17, 15) is 4.79 Å². The molecular weight excluding hydrogens is 218 g/mol. The molecule has 0 aromatic heterocycles. The predicted molar refractivity (Wildman–Crippen MR) is 65.2 cm³/mol. The number of piperidine rings is 1. The second kappa shape index (κ2) is 4.14. The van der Waals surface area contributed by atoms with E-state index in [4.69, 9.17) is 10.6 Å². The van der Waals surface area contributed by atoms with E-state index < -0.39 is 5.60 Å². The third-order valence-corrected chi connectivity index (χ3v) is 3.68. The van der Waals surface area contributed by atoms with Crippen molar-refractivity contribution in [3.05, 3.63) is 0 Å². The van der Waals surface area contributed by atoms with Crippen molar-refractivity contribution in [3.63, 3.8) is 0 Å². The third-order valence-electron chi connectivity index (χ3n) is 3.68. The standard InChI is InChI=1S/C12H23N3O2/c1-11(2,3)17-10(16)15-7-4-9(14-13)12(8-15)5-6-12/h9,14H,4-8,13H2,1-3H3. The summed E-state index contributed by atoms with van der Waals surface area (Å²) in [4.78, 5) is 13.8. The minimum absolute atomic E-state index is 0.195. The van der Waals surface area contributed by atoms with Gasteiger partial charge in [0.25, 0.3) is 0 Å². The highest BCUT2D eigenvalue weighted by Crippen LogP contribution is 2.52. The van der Waals surface area contributed by atoms with E-state index in [1.807, 2.05) is 25.7 Å². The number of likely N-dealkylation sites (tertiary alicyclic amines) is 1. The first-order chi connectivity index (χ1) is 7.86. The molecule has 0 aromatic rings. The van der Waals surface area contributed by atoms with Crippen LogP contribution in [0.2, 0.25) is 0 Å². The molecule has 1 amide bonds. The number of hydrogen-bond donors (Lipinski definition) is 2. The van der Waals surface area contributed by atoms with Gasteiger partial charge in [-0.1, -0.05) is 0 Å². The topological polar surface area (TPSA) is 67.6 Å². The summed E-state index contributed by atoms with van der Waals surface area (Å²) in [6, 6.07) is 0.348. The molecule has 1 saturated carbocycles. The number of rotatable bonds is 1. The molecule has 0 bridgehead atoms. The third kappa shape index (κ3) is 2.72. The van der Waals surface area contributed by atoms with Crippen LogP contribution in [0.25, 0.3) is 0 Å². The van der Waals surface area contributed by atoms with Crippen molar-refractivity contribution in [2.75, 3.05) is 13.1 Å². The van der Waals surface area contributed by atoms with Gasteiger partial charge in [0.1, 0.15) is 5.60 Å². The molecule has 17 heavy (non-hydrogen) atoms. The van der Waals surface area contributed by atoms with Gasteiger partial charge in [-0.15, -0.1) is 0 Å². The van der Waals surface area contributed by atoms with Crippen molar-refractivity contribution in [2.24, 2.45) is 11.3 Å². The number of nitrogens with zero attached hydrogens (tertiary/aromatic N) is 1. The average Bonchev–Trinajstić information content (AvgIpc) is 2.96. The summed E-state index contributed by atoms with van der Waals surface area (Å²) in [5, 5.41) is 0. The molecule has 2 aliphatic rings. The molecule has 5 nitrogen and oxygen atoms in total. The fourth-order valence-electron chi connectivity index (χ4n) is 2.57. The van der Waals surface area contributed by atoms with Gasteiger partial charge >= 0.3 is 6.09 Å². The van der Waals surface area contributed by atoms with Gasteiger partial charge < -0.3 is 9.64 Å². The van der Waals surface area contributed by atoms with E-state index in [-0.39, 0.29) is 11.5 Å². The van der Waals surface area contributed by atoms with E-state index >= 15 is 0 Å². The Labute approximate surface area is 103 Å². The molecule has 3 N–H and O–H groups in total. The van der Waals surface area contributed by atoms with Gasteiger partial charge in [0.15, 0.2) is 0 Å². The summed E-state index contributed by atoms with van der Waals surface area (Å²) in [5.41, 5.74) is 2.68. The second-order valence-corrected chi connectivity index (χ2v) is 6.27. The number of hydrazine groups is 1. The van der Waals surface area contributed by atoms with Crippen LogP contribution in [0.3, 0.4) is 0 Å². The van der Waals surface area contributed by atoms with Crippen molar-refractivity contribution < 1.29 is 9.53 Å². The Balaban J connectivity index is 1.94. The van der Waals surface area contributed by atoms with Crippen LogP contribution in [-0.4, -0.2) is 35.7 Å². The Morgan fingerprint density at radius 2 is 2.12 bits per heavy atom. The smallest absolute Gasteiger partial charge is 0.410 e. The van der Waals surface area contributed by atoms with E-state index in [0.29, 0.717) is 6.04 Å². The summed E-state index contributed by atoms with van der Waals surface area (Å²) in [5.74, 6) is 5.56. The molecule has 1 atom stereocenters. The normalized spacial score (nSPS) is 27.1. The van der Waals surface area contributed by atoms with Gasteiger partial charge in [-0.2, -0.15) is 0 Å². The van der Waals surface area contributed by atoms with Crippen LogP contribution in [0.4, 0.5) is 4.79 Å². The molecule has 0 aromatic carbocycles. The van der Waals surface area contributed by atoms with Gasteiger partial charge in [0, 0.05) is 24.5 Å². The summed E-state index contributed by atoms with van der Waals surface area (Å²) in [6.07, 6.45) is 3.03. The molecule has 5 heteroatoms. The molecule has 98 valence electrons. The number of carbonyl (C=O) groups is 1. The van der Waals surface area contributed by atoms with Crippen LogP contribution in [-0.2, 0) is 4.74 Å². The van der Waals surface area contributed by atoms with Gasteiger partial charge in [-0.05, 0) is 40.0 Å². The Morgan fingerprint density at radius 1 is 1.47 bits per heavy atom. The largest absolute Gasteiger partial charge is 0.444 e. The van der Waals surface area contributed by atoms with Gasteiger partial charge in [0.2, 0.25) is 0 Å². The predicted octanol–water partition coefficient (Wildman–Crippen LogP) is 1.24. The quantitative estimate of drug-likeness (QED) is 0.535. The van der Waals surface area contributed by atoms with Crippen LogP contribution >= 0.6 is 0 Å². The molecule has 1 saturated heterocycles. The van der Waals surface area contributed by atoms with Gasteiger partial charge in [0.05, 0.1) is 0 Å². The molecule has 1 aliphatic heterocycles. The van der Waals surface area contributed by atoms with E-state index in [2.05, 4.69) is 5.43 Å². The second-order valence-electron chi connectivity index (χ2n) is 6.27. The Morgan fingerprint density at radius 3 is 2.59 bits per heavy atom.